The molecule has 0 spiro atoms. The normalized spacial score (nSPS) is 33.5. The maximum absolute atomic E-state index is 6.36. The average molecular weight is 305 g/mol. The Morgan fingerprint density at radius 1 is 1.33 bits per heavy atom. The van der Waals surface area contributed by atoms with Crippen LogP contribution in [-0.2, 0) is 6.54 Å². The van der Waals surface area contributed by atoms with Crippen molar-refractivity contribution in [1.82, 2.24) is 9.80 Å². The monoisotopic (exact) mass is 305 g/mol. The summed E-state index contributed by atoms with van der Waals surface area (Å²) in [5, 5.41) is 4.51. The lowest BCUT2D eigenvalue weighted by Crippen LogP contribution is -2.61. The fourth-order valence-corrected chi connectivity index (χ4v) is 5.19. The van der Waals surface area contributed by atoms with Crippen molar-refractivity contribution in [2.24, 2.45) is 5.73 Å². The third-order valence-corrected chi connectivity index (χ3v) is 6.62. The Labute approximate surface area is 132 Å². The Morgan fingerprint density at radius 2 is 2.24 bits per heavy atom. The zero-order valence-electron chi connectivity index (χ0n) is 12.8. The minimum absolute atomic E-state index is 0.259. The van der Waals surface area contributed by atoms with E-state index in [2.05, 4.69) is 26.6 Å². The van der Waals surface area contributed by atoms with Crippen LogP contribution in [0.4, 0.5) is 0 Å². The van der Waals surface area contributed by atoms with Crippen LogP contribution in [0.5, 0.6) is 0 Å². The smallest absolute Gasteiger partial charge is 0.0365 e. The molecule has 1 aromatic rings. The summed E-state index contributed by atoms with van der Waals surface area (Å²) in [5.74, 6) is 0. The predicted molar refractivity (Wildman–Crippen MR) is 88.5 cm³/mol. The molecule has 2 N–H and O–H groups in total. The van der Waals surface area contributed by atoms with Crippen LogP contribution < -0.4 is 5.73 Å². The van der Waals surface area contributed by atoms with E-state index in [-0.39, 0.29) is 5.54 Å². The van der Waals surface area contributed by atoms with Crippen molar-refractivity contribution in [3.8, 4) is 0 Å². The van der Waals surface area contributed by atoms with Crippen molar-refractivity contribution in [3.63, 3.8) is 0 Å². The maximum Gasteiger partial charge on any atom is 0.0365 e. The van der Waals surface area contributed by atoms with Gasteiger partial charge in [0.1, 0.15) is 0 Å². The second-order valence-electron chi connectivity index (χ2n) is 7.21. The van der Waals surface area contributed by atoms with Gasteiger partial charge in [-0.05, 0) is 67.5 Å². The third-order valence-electron chi connectivity index (χ3n) is 5.89. The number of thiophene rings is 1. The molecule has 3 aliphatic rings. The highest BCUT2D eigenvalue weighted by atomic mass is 32.1. The quantitative estimate of drug-likeness (QED) is 0.908. The van der Waals surface area contributed by atoms with Crippen LogP contribution in [0.2, 0.25) is 0 Å². The zero-order chi connectivity index (χ0) is 14.3. The molecule has 4 rings (SSSR count). The van der Waals surface area contributed by atoms with Crippen molar-refractivity contribution in [1.29, 1.82) is 0 Å². The van der Waals surface area contributed by atoms with Crippen molar-refractivity contribution in [2.75, 3.05) is 19.6 Å². The molecule has 1 aromatic heterocycles. The number of nitrogens with zero attached hydrogens (tertiary/aromatic N) is 2. The van der Waals surface area contributed by atoms with Gasteiger partial charge in [-0.25, -0.2) is 0 Å². The number of hydrogen-bond donors (Lipinski definition) is 1. The largest absolute Gasteiger partial charge is 0.329 e. The van der Waals surface area contributed by atoms with Crippen molar-refractivity contribution < 1.29 is 0 Å². The SMILES string of the molecule is NCC1(N(Cc2ccsc2)C2CC2)CCN2CCCC2C1. The molecule has 0 amide bonds. The highest BCUT2D eigenvalue weighted by Crippen LogP contribution is 2.42. The standard InChI is InChI=1S/C17H27N3S/c18-13-17(6-8-19-7-1-2-16(19)10-17)20(15-3-4-15)11-14-5-9-21-12-14/h5,9,12,15-16H,1-4,6-8,10-11,13,18H2. The number of hydrogen-bond acceptors (Lipinski definition) is 4. The van der Waals surface area contributed by atoms with E-state index in [1.807, 2.05) is 11.3 Å². The van der Waals surface area contributed by atoms with E-state index in [4.69, 9.17) is 5.73 Å². The molecule has 2 aliphatic heterocycles. The van der Waals surface area contributed by atoms with Gasteiger partial charge < -0.3 is 10.6 Å². The molecule has 1 saturated carbocycles. The van der Waals surface area contributed by atoms with E-state index in [1.54, 1.807) is 0 Å². The van der Waals surface area contributed by atoms with Gasteiger partial charge in [-0.2, -0.15) is 11.3 Å². The summed E-state index contributed by atoms with van der Waals surface area (Å²) in [5.41, 5.74) is 8.10. The Hall–Kier alpha value is -0.420. The predicted octanol–water partition coefficient (Wildman–Crippen LogP) is 2.67. The van der Waals surface area contributed by atoms with E-state index in [0.29, 0.717) is 0 Å². The molecule has 0 radical (unpaired) electrons. The van der Waals surface area contributed by atoms with Gasteiger partial charge in [-0.15, -0.1) is 0 Å². The van der Waals surface area contributed by atoms with Gasteiger partial charge in [0, 0.05) is 37.3 Å². The molecule has 3 nitrogen and oxygen atoms in total. The van der Waals surface area contributed by atoms with Gasteiger partial charge in [-0.3, -0.25) is 4.90 Å². The van der Waals surface area contributed by atoms with Crippen molar-refractivity contribution in [2.45, 2.75) is 62.7 Å². The fraction of sp³-hybridized carbons (Fsp3) is 0.765. The van der Waals surface area contributed by atoms with E-state index < -0.39 is 0 Å². The van der Waals surface area contributed by atoms with Gasteiger partial charge >= 0.3 is 0 Å². The summed E-state index contributed by atoms with van der Waals surface area (Å²) in [7, 11) is 0. The molecule has 3 heterocycles. The Balaban J connectivity index is 1.56. The lowest BCUT2D eigenvalue weighted by Gasteiger charge is -2.50. The second kappa shape index (κ2) is 5.65. The first-order chi connectivity index (χ1) is 10.3. The summed E-state index contributed by atoms with van der Waals surface area (Å²) in [6, 6.07) is 3.88. The van der Waals surface area contributed by atoms with Crippen LogP contribution in [0.1, 0.15) is 44.1 Å². The van der Waals surface area contributed by atoms with Crippen molar-refractivity contribution >= 4 is 11.3 Å². The van der Waals surface area contributed by atoms with Crippen LogP contribution in [0, 0.1) is 0 Å². The van der Waals surface area contributed by atoms with E-state index in [1.165, 1.54) is 57.2 Å². The van der Waals surface area contributed by atoms with Crippen LogP contribution >= 0.6 is 11.3 Å². The third kappa shape index (κ3) is 2.67. The molecule has 0 bridgehead atoms. The Bertz CT molecular complexity index is 470. The highest BCUT2D eigenvalue weighted by molar-refractivity contribution is 7.07. The zero-order valence-corrected chi connectivity index (χ0v) is 13.7. The van der Waals surface area contributed by atoms with Gasteiger partial charge in [0.25, 0.3) is 0 Å². The van der Waals surface area contributed by atoms with Crippen LogP contribution in [0.25, 0.3) is 0 Å². The van der Waals surface area contributed by atoms with E-state index in [9.17, 15) is 0 Å². The van der Waals surface area contributed by atoms with Gasteiger partial charge in [0.2, 0.25) is 0 Å². The molecule has 2 atom stereocenters. The molecule has 3 fully saturated rings. The first-order valence-corrected chi connectivity index (χ1v) is 9.47. The summed E-state index contributed by atoms with van der Waals surface area (Å²) in [6.07, 6.45) is 8.09. The Morgan fingerprint density at radius 3 is 2.95 bits per heavy atom. The first-order valence-electron chi connectivity index (χ1n) is 8.53. The molecule has 116 valence electrons. The molecular formula is C17H27N3S. The van der Waals surface area contributed by atoms with Crippen molar-refractivity contribution in [3.05, 3.63) is 22.4 Å². The number of piperidine rings is 1. The first kappa shape index (κ1) is 14.2. The Kier molecular flexibility index (Phi) is 3.82. The van der Waals surface area contributed by atoms with Gasteiger partial charge in [-0.1, -0.05) is 0 Å². The summed E-state index contributed by atoms with van der Waals surface area (Å²) in [4.78, 5) is 5.51. The fourth-order valence-electron chi connectivity index (χ4n) is 4.53. The molecule has 0 aromatic carbocycles. The summed E-state index contributed by atoms with van der Waals surface area (Å²) in [6.45, 7) is 4.52. The molecule has 4 heteroatoms. The average Bonchev–Trinajstić information content (AvgIpc) is 3.02. The van der Waals surface area contributed by atoms with E-state index >= 15 is 0 Å². The lowest BCUT2D eigenvalue weighted by atomic mass is 9.81. The van der Waals surface area contributed by atoms with Crippen LogP contribution in [0.3, 0.4) is 0 Å². The summed E-state index contributed by atoms with van der Waals surface area (Å²) >= 11 is 1.82. The van der Waals surface area contributed by atoms with Crippen LogP contribution in [0.15, 0.2) is 16.8 Å². The second-order valence-corrected chi connectivity index (χ2v) is 7.99. The number of nitrogens with two attached hydrogens (primary N) is 1. The van der Waals surface area contributed by atoms with Gasteiger partial charge in [0.15, 0.2) is 0 Å². The van der Waals surface area contributed by atoms with Crippen LogP contribution in [-0.4, -0.2) is 47.1 Å². The number of rotatable bonds is 5. The highest BCUT2D eigenvalue weighted by Gasteiger charge is 2.48. The van der Waals surface area contributed by atoms with E-state index in [0.717, 1.165) is 25.2 Å². The van der Waals surface area contributed by atoms with Gasteiger partial charge in [0.05, 0.1) is 0 Å². The number of fused-ring (bicyclic) bond motifs is 1. The summed E-state index contributed by atoms with van der Waals surface area (Å²) < 4.78 is 0. The molecule has 2 unspecified atom stereocenters. The maximum atomic E-state index is 6.36. The molecule has 21 heavy (non-hydrogen) atoms. The molecular weight excluding hydrogens is 278 g/mol. The molecule has 1 aliphatic carbocycles. The lowest BCUT2D eigenvalue weighted by molar-refractivity contribution is -0.000911. The topological polar surface area (TPSA) is 32.5 Å². The molecule has 2 saturated heterocycles. The minimum Gasteiger partial charge on any atom is -0.329 e. The minimum atomic E-state index is 0.259.